The monoisotopic (exact) mass is 494 g/mol. The molecule has 11 heteroatoms. The lowest BCUT2D eigenvalue weighted by Gasteiger charge is -2.56. The highest BCUT2D eigenvalue weighted by Crippen LogP contribution is 2.57. The van der Waals surface area contributed by atoms with Crippen LogP contribution < -0.4 is 15.4 Å². The van der Waals surface area contributed by atoms with Gasteiger partial charge in [-0.05, 0) is 80.5 Å². The van der Waals surface area contributed by atoms with E-state index in [-0.39, 0.29) is 12.2 Å². The maximum absolute atomic E-state index is 13.8. The maximum Gasteiger partial charge on any atom is 0.434 e. The number of methoxy groups -OCH3 is 1. The Labute approximate surface area is 193 Å². The quantitative estimate of drug-likeness (QED) is 0.309. The molecule has 0 aliphatic heterocycles. The molecule has 1 aromatic rings. The third-order valence-electron chi connectivity index (χ3n) is 7.39. The van der Waals surface area contributed by atoms with Crippen LogP contribution in [0.5, 0.6) is 5.75 Å². The Kier molecular flexibility index (Phi) is 6.56. The highest BCUT2D eigenvalue weighted by Gasteiger charge is 2.72. The summed E-state index contributed by atoms with van der Waals surface area (Å²) in [6.07, 6.45) is -5.91. The number of carbonyl (C=O) groups excluding carboxylic acids is 1. The number of hydrogen-bond acceptors (Lipinski definition) is 4. The van der Waals surface area contributed by atoms with Crippen molar-refractivity contribution in [2.45, 2.75) is 62.1 Å². The van der Waals surface area contributed by atoms with Crippen LogP contribution in [0.15, 0.2) is 24.3 Å². The lowest BCUT2D eigenvalue weighted by Crippen LogP contribution is -2.75. The summed E-state index contributed by atoms with van der Waals surface area (Å²) >= 11 is 0. The van der Waals surface area contributed by atoms with Crippen LogP contribution in [0.25, 0.3) is 0 Å². The summed E-state index contributed by atoms with van der Waals surface area (Å²) in [7, 11) is 1.34. The van der Waals surface area contributed by atoms with Gasteiger partial charge in [0.05, 0.1) is 19.3 Å². The van der Waals surface area contributed by atoms with Gasteiger partial charge in [0.25, 0.3) is 11.6 Å². The number of ether oxygens (including phenoxy) is 2. The first-order valence-electron chi connectivity index (χ1n) is 11.4. The van der Waals surface area contributed by atoms with Gasteiger partial charge in [0.15, 0.2) is 0 Å². The minimum absolute atomic E-state index is 0.300. The number of hydrogen-bond donors (Lipinski definition) is 2. The first kappa shape index (κ1) is 25.1. The van der Waals surface area contributed by atoms with Crippen LogP contribution in [0.3, 0.4) is 0 Å². The minimum atomic E-state index is -5.85. The van der Waals surface area contributed by atoms with E-state index in [1.165, 1.54) is 24.6 Å². The molecule has 2 N–H and O–H groups in total. The third-order valence-corrected chi connectivity index (χ3v) is 7.39. The van der Waals surface area contributed by atoms with Crippen LogP contribution in [0.2, 0.25) is 0 Å². The molecule has 1 aromatic carbocycles. The zero-order chi connectivity index (χ0) is 24.8. The predicted octanol–water partition coefficient (Wildman–Crippen LogP) is 4.82. The normalized spacial score (nSPS) is 28.7. The van der Waals surface area contributed by atoms with Crippen LogP contribution in [-0.4, -0.2) is 49.8 Å². The molecule has 0 aromatic heterocycles. The van der Waals surface area contributed by atoms with Crippen molar-refractivity contribution in [1.82, 2.24) is 10.6 Å². The molecular weight excluding hydrogens is 466 g/mol. The number of benzene rings is 1. The number of rotatable bonds is 8. The molecule has 0 spiro atoms. The molecule has 1 amide bonds. The molecule has 0 radical (unpaired) electrons. The Morgan fingerprint density at radius 2 is 1.44 bits per heavy atom. The number of halogens is 6. The molecular formula is C23H28F6N2O3. The molecule has 190 valence electrons. The molecule has 0 heterocycles. The summed E-state index contributed by atoms with van der Waals surface area (Å²) in [5.41, 5.74) is -5.45. The van der Waals surface area contributed by atoms with Gasteiger partial charge >= 0.3 is 12.4 Å². The summed E-state index contributed by atoms with van der Waals surface area (Å²) in [6, 6.07) is 4.71. The summed E-state index contributed by atoms with van der Waals surface area (Å²) < 4.78 is 93.9. The predicted molar refractivity (Wildman–Crippen MR) is 110 cm³/mol. The Morgan fingerprint density at radius 3 is 1.88 bits per heavy atom. The smallest absolute Gasteiger partial charge is 0.434 e. The fourth-order valence-corrected chi connectivity index (χ4v) is 6.25. The van der Waals surface area contributed by atoms with Gasteiger partial charge < -0.3 is 14.8 Å². The van der Waals surface area contributed by atoms with Crippen molar-refractivity contribution in [1.29, 1.82) is 0 Å². The second kappa shape index (κ2) is 8.89. The molecule has 0 atom stereocenters. The lowest BCUT2D eigenvalue weighted by molar-refractivity contribution is -0.314. The van der Waals surface area contributed by atoms with Crippen LogP contribution >= 0.6 is 0 Å². The van der Waals surface area contributed by atoms with Gasteiger partial charge in [-0.1, -0.05) is 0 Å². The minimum Gasteiger partial charge on any atom is -0.497 e. The van der Waals surface area contributed by atoms with Gasteiger partial charge in [0.2, 0.25) is 0 Å². The molecule has 0 saturated heterocycles. The number of alkyl halides is 6. The van der Waals surface area contributed by atoms with E-state index in [1.807, 2.05) is 0 Å². The van der Waals surface area contributed by atoms with Crippen molar-refractivity contribution in [3.63, 3.8) is 0 Å². The largest absolute Gasteiger partial charge is 0.497 e. The topological polar surface area (TPSA) is 59.6 Å². The van der Waals surface area contributed by atoms with E-state index in [0.29, 0.717) is 23.5 Å². The van der Waals surface area contributed by atoms with Gasteiger partial charge in [0, 0.05) is 12.1 Å². The van der Waals surface area contributed by atoms with Gasteiger partial charge in [-0.2, -0.15) is 26.3 Å². The molecule has 4 fully saturated rings. The number of amides is 1. The zero-order valence-electron chi connectivity index (χ0n) is 18.7. The molecule has 5 rings (SSSR count). The van der Waals surface area contributed by atoms with E-state index in [9.17, 15) is 31.1 Å². The lowest BCUT2D eigenvalue weighted by atomic mass is 9.54. The number of nitrogens with one attached hydrogen (secondary N) is 2. The summed E-state index contributed by atoms with van der Waals surface area (Å²) in [5.74, 6) is 0.341. The molecule has 4 saturated carbocycles. The van der Waals surface area contributed by atoms with Crippen molar-refractivity contribution in [3.05, 3.63) is 29.8 Å². The molecule has 5 nitrogen and oxygen atoms in total. The highest BCUT2D eigenvalue weighted by atomic mass is 19.4. The van der Waals surface area contributed by atoms with E-state index in [4.69, 9.17) is 9.47 Å². The Morgan fingerprint density at radius 1 is 0.941 bits per heavy atom. The molecule has 4 aliphatic rings. The highest BCUT2D eigenvalue weighted by molar-refractivity contribution is 5.95. The van der Waals surface area contributed by atoms with Gasteiger partial charge in [-0.15, -0.1) is 0 Å². The van der Waals surface area contributed by atoms with E-state index in [2.05, 4.69) is 0 Å². The van der Waals surface area contributed by atoms with Crippen molar-refractivity contribution in [2.24, 2.45) is 17.8 Å². The first-order chi connectivity index (χ1) is 15.9. The van der Waals surface area contributed by atoms with Crippen molar-refractivity contribution in [2.75, 3.05) is 20.3 Å². The first-order valence-corrected chi connectivity index (χ1v) is 11.4. The third kappa shape index (κ3) is 4.73. The zero-order valence-corrected chi connectivity index (χ0v) is 18.7. The summed E-state index contributed by atoms with van der Waals surface area (Å²) in [4.78, 5) is 12.4. The molecule has 4 aliphatic carbocycles. The number of carbonyl (C=O) groups is 1. The van der Waals surface area contributed by atoms with E-state index < -0.39 is 36.1 Å². The van der Waals surface area contributed by atoms with Crippen LogP contribution in [0, 0.1) is 17.8 Å². The van der Waals surface area contributed by atoms with Crippen LogP contribution in [-0.2, 0) is 4.74 Å². The Hall–Kier alpha value is -2.01. The van der Waals surface area contributed by atoms with Crippen molar-refractivity contribution >= 4 is 5.91 Å². The average Bonchev–Trinajstić information content (AvgIpc) is 2.73. The Balaban J connectivity index is 1.45. The van der Waals surface area contributed by atoms with Gasteiger partial charge in [0.1, 0.15) is 5.75 Å². The van der Waals surface area contributed by atoms with Gasteiger partial charge in [-0.25, -0.2) is 0 Å². The SMILES string of the molecule is COc1ccc(C(=O)NC(NCCOC23CC4CC(CC(C4)C2)C3)(C(F)(F)F)C(F)(F)F)cc1. The standard InChI is InChI=1S/C23H28F6N2O3/c1-33-18-4-2-17(3-5-18)19(32)31-21(22(24,25)26,23(27,28)29)30-6-7-34-20-11-14-8-15(12-20)10-16(9-14)13-20/h2-5,14-16,30H,6-13H2,1H3,(H,31,32). The van der Waals surface area contributed by atoms with Gasteiger partial charge in [-0.3, -0.25) is 10.1 Å². The summed E-state index contributed by atoms with van der Waals surface area (Å²) in [5, 5.41) is 2.70. The summed E-state index contributed by atoms with van der Waals surface area (Å²) in [6.45, 7) is -1.05. The van der Waals surface area contributed by atoms with Crippen LogP contribution in [0.1, 0.15) is 48.9 Å². The Bertz CT molecular complexity index is 835. The second-order valence-electron chi connectivity index (χ2n) is 9.80. The second-order valence-corrected chi connectivity index (χ2v) is 9.80. The fourth-order valence-electron chi connectivity index (χ4n) is 6.25. The molecule has 0 unspecified atom stereocenters. The molecule has 4 bridgehead atoms. The van der Waals surface area contributed by atoms with E-state index in [0.717, 1.165) is 56.0 Å². The maximum atomic E-state index is 13.8. The van der Waals surface area contributed by atoms with Crippen molar-refractivity contribution in [3.8, 4) is 5.75 Å². The average molecular weight is 494 g/mol. The molecule has 34 heavy (non-hydrogen) atoms. The fraction of sp³-hybridized carbons (Fsp3) is 0.696. The van der Waals surface area contributed by atoms with Crippen molar-refractivity contribution < 1.29 is 40.6 Å². The van der Waals surface area contributed by atoms with E-state index >= 15 is 0 Å². The van der Waals surface area contributed by atoms with Crippen LogP contribution in [0.4, 0.5) is 26.3 Å². The van der Waals surface area contributed by atoms with E-state index in [1.54, 1.807) is 0 Å².